The molecule has 1 atom stereocenters. The Morgan fingerprint density at radius 3 is 2.36 bits per heavy atom. The van der Waals surface area contributed by atoms with Gasteiger partial charge < -0.3 is 15.5 Å². The maximum Gasteiger partial charge on any atom is 0.318 e. The third-order valence-corrected chi connectivity index (χ3v) is 3.38. The molecule has 1 aromatic carbocycles. The number of non-ortho nitro benzene ring substituents is 1. The van der Waals surface area contributed by atoms with Crippen molar-refractivity contribution >= 4 is 52.2 Å². The first-order chi connectivity index (χ1) is 10.0. The fourth-order valence-electron chi connectivity index (χ4n) is 1.53. The van der Waals surface area contributed by atoms with E-state index in [0.29, 0.717) is 11.3 Å². The summed E-state index contributed by atoms with van der Waals surface area (Å²) in [6.07, 6.45) is -1.02. The smallest absolute Gasteiger partial charge is 0.318 e. The van der Waals surface area contributed by atoms with Crippen LogP contribution in [-0.2, 0) is 0 Å². The number of carbonyl (C=O) groups excluding carboxylic acids is 1. The number of halogens is 3. The van der Waals surface area contributed by atoms with Gasteiger partial charge in [-0.25, -0.2) is 4.79 Å². The molecule has 0 aromatic heterocycles. The number of hydrogen-bond acceptors (Lipinski definition) is 4. The monoisotopic (exact) mass is 368 g/mol. The highest BCUT2D eigenvalue weighted by Crippen LogP contribution is 2.32. The van der Waals surface area contributed by atoms with Crippen LogP contribution in [0.3, 0.4) is 0 Å². The number of aryl methyl sites for hydroxylation is 1. The molecule has 2 N–H and O–H groups in total. The molecular weight excluding hydrogens is 355 g/mol. The predicted molar refractivity (Wildman–Crippen MR) is 87.8 cm³/mol. The van der Waals surface area contributed by atoms with E-state index in [2.05, 4.69) is 10.6 Å². The van der Waals surface area contributed by atoms with Crippen LogP contribution in [0, 0.1) is 17.0 Å². The van der Waals surface area contributed by atoms with E-state index in [1.165, 1.54) is 23.1 Å². The van der Waals surface area contributed by atoms with Crippen LogP contribution in [0.5, 0.6) is 0 Å². The predicted octanol–water partition coefficient (Wildman–Crippen LogP) is 3.28. The van der Waals surface area contributed by atoms with Crippen LogP contribution in [-0.4, -0.2) is 39.9 Å². The number of nitro benzene ring substituents is 1. The summed E-state index contributed by atoms with van der Waals surface area (Å²) in [5, 5.41) is 16.1. The van der Waals surface area contributed by atoms with Crippen molar-refractivity contribution in [1.29, 1.82) is 0 Å². The van der Waals surface area contributed by atoms with Gasteiger partial charge in [0.05, 0.1) is 4.92 Å². The van der Waals surface area contributed by atoms with Crippen LogP contribution >= 0.6 is 34.8 Å². The van der Waals surface area contributed by atoms with E-state index in [-0.39, 0.29) is 5.69 Å². The number of urea groups is 1. The molecule has 1 rings (SSSR count). The maximum atomic E-state index is 11.7. The molecule has 0 saturated heterocycles. The molecule has 0 bridgehead atoms. The van der Waals surface area contributed by atoms with Gasteiger partial charge in [0.25, 0.3) is 5.69 Å². The molecule has 10 heteroatoms. The summed E-state index contributed by atoms with van der Waals surface area (Å²) in [5.74, 6) is 0. The largest absolute Gasteiger partial charge is 0.362 e. The topological polar surface area (TPSA) is 87.5 Å². The molecule has 0 radical (unpaired) electrons. The number of nitro groups is 1. The van der Waals surface area contributed by atoms with Gasteiger partial charge in [-0.1, -0.05) is 34.8 Å². The van der Waals surface area contributed by atoms with E-state index in [1.807, 2.05) is 0 Å². The second-order valence-electron chi connectivity index (χ2n) is 4.72. The minimum Gasteiger partial charge on any atom is -0.362 e. The fraction of sp³-hybridized carbons (Fsp3) is 0.417. The van der Waals surface area contributed by atoms with Gasteiger partial charge in [-0.05, 0) is 18.6 Å². The first-order valence-corrected chi connectivity index (χ1v) is 7.22. The van der Waals surface area contributed by atoms with Crippen molar-refractivity contribution in [2.24, 2.45) is 0 Å². The Balaban J connectivity index is 3.00. The molecule has 7 nitrogen and oxygen atoms in total. The van der Waals surface area contributed by atoms with Gasteiger partial charge in [0, 0.05) is 31.9 Å². The van der Waals surface area contributed by atoms with Crippen LogP contribution < -0.4 is 10.6 Å². The van der Waals surface area contributed by atoms with Crippen LogP contribution in [0.15, 0.2) is 18.2 Å². The third-order valence-electron chi connectivity index (χ3n) is 2.72. The van der Waals surface area contributed by atoms with Gasteiger partial charge in [0.1, 0.15) is 6.17 Å². The Morgan fingerprint density at radius 2 is 1.95 bits per heavy atom. The number of benzene rings is 1. The zero-order chi connectivity index (χ0) is 17.1. The third kappa shape index (κ3) is 5.08. The van der Waals surface area contributed by atoms with E-state index < -0.39 is 20.9 Å². The molecule has 0 spiro atoms. The van der Waals surface area contributed by atoms with E-state index in [9.17, 15) is 14.9 Å². The van der Waals surface area contributed by atoms with Crippen molar-refractivity contribution in [3.05, 3.63) is 33.9 Å². The number of nitrogens with zero attached hydrogens (tertiary/aromatic N) is 2. The van der Waals surface area contributed by atoms with Crippen LogP contribution in [0.4, 0.5) is 16.2 Å². The van der Waals surface area contributed by atoms with Crippen molar-refractivity contribution < 1.29 is 9.72 Å². The fourth-order valence-corrected chi connectivity index (χ4v) is 1.86. The average molecular weight is 370 g/mol. The van der Waals surface area contributed by atoms with Crippen LogP contribution in [0.25, 0.3) is 0 Å². The van der Waals surface area contributed by atoms with Crippen molar-refractivity contribution in [3.63, 3.8) is 0 Å². The molecular formula is C12H15Cl3N4O3. The van der Waals surface area contributed by atoms with Crippen molar-refractivity contribution in [3.8, 4) is 0 Å². The van der Waals surface area contributed by atoms with Crippen LogP contribution in [0.2, 0.25) is 0 Å². The molecule has 122 valence electrons. The Bertz CT molecular complexity index is 575. The SMILES string of the molecule is Cc1cc([N+](=O)[O-])ccc1N[C@H](NC(=O)N(C)C)C(Cl)(Cl)Cl. The van der Waals surface area contributed by atoms with Gasteiger partial charge in [0.15, 0.2) is 0 Å². The molecule has 0 heterocycles. The molecule has 2 amide bonds. The number of anilines is 1. The molecule has 1 aromatic rings. The lowest BCUT2D eigenvalue weighted by molar-refractivity contribution is -0.384. The first kappa shape index (κ1) is 18.6. The minimum atomic E-state index is -1.82. The molecule has 0 saturated carbocycles. The number of carbonyl (C=O) groups is 1. The number of rotatable bonds is 4. The number of nitrogens with one attached hydrogen (secondary N) is 2. The Hall–Kier alpha value is -1.44. The van der Waals surface area contributed by atoms with Gasteiger partial charge in [-0.15, -0.1) is 0 Å². The summed E-state index contributed by atoms with van der Waals surface area (Å²) in [7, 11) is 3.09. The zero-order valence-corrected chi connectivity index (χ0v) is 14.3. The quantitative estimate of drug-likeness (QED) is 0.369. The highest BCUT2D eigenvalue weighted by Gasteiger charge is 2.34. The Labute approximate surface area is 142 Å². The minimum absolute atomic E-state index is 0.0502. The lowest BCUT2D eigenvalue weighted by Crippen LogP contribution is -2.52. The van der Waals surface area contributed by atoms with E-state index in [4.69, 9.17) is 34.8 Å². The molecule has 0 aliphatic rings. The molecule has 0 unspecified atom stereocenters. The lowest BCUT2D eigenvalue weighted by Gasteiger charge is -2.29. The van der Waals surface area contributed by atoms with Gasteiger partial charge >= 0.3 is 6.03 Å². The molecule has 0 aliphatic carbocycles. The second-order valence-corrected chi connectivity index (χ2v) is 7.09. The molecule has 0 fully saturated rings. The van der Waals surface area contributed by atoms with E-state index in [1.54, 1.807) is 21.0 Å². The standard InChI is InChI=1S/C12H15Cl3N4O3/c1-7-6-8(19(21)22)4-5-9(7)16-10(12(13,14)15)17-11(20)18(2)3/h4-6,10,16H,1-3H3,(H,17,20)/t10-/m1/s1. The molecule has 22 heavy (non-hydrogen) atoms. The highest BCUT2D eigenvalue weighted by molar-refractivity contribution is 6.68. The summed E-state index contributed by atoms with van der Waals surface area (Å²) in [6, 6.07) is 3.73. The van der Waals surface area contributed by atoms with Crippen molar-refractivity contribution in [1.82, 2.24) is 10.2 Å². The maximum absolute atomic E-state index is 11.7. The zero-order valence-electron chi connectivity index (χ0n) is 12.1. The normalized spacial score (nSPS) is 12.5. The Kier molecular flexibility index (Phi) is 6.10. The summed E-state index contributed by atoms with van der Waals surface area (Å²) >= 11 is 17.6. The number of hydrogen-bond donors (Lipinski definition) is 2. The van der Waals surface area contributed by atoms with Crippen molar-refractivity contribution in [2.75, 3.05) is 19.4 Å². The summed E-state index contributed by atoms with van der Waals surface area (Å²) in [4.78, 5) is 23.2. The summed E-state index contributed by atoms with van der Waals surface area (Å²) in [6.45, 7) is 1.67. The summed E-state index contributed by atoms with van der Waals surface area (Å²) in [5.41, 5.74) is 1.03. The lowest BCUT2D eigenvalue weighted by atomic mass is 10.1. The number of alkyl halides is 3. The average Bonchev–Trinajstić information content (AvgIpc) is 2.38. The van der Waals surface area contributed by atoms with Gasteiger partial charge in [-0.2, -0.15) is 0 Å². The second kappa shape index (κ2) is 7.21. The van der Waals surface area contributed by atoms with E-state index in [0.717, 1.165) is 0 Å². The Morgan fingerprint density at radius 1 is 1.36 bits per heavy atom. The number of amides is 2. The van der Waals surface area contributed by atoms with Gasteiger partial charge in [0.2, 0.25) is 3.79 Å². The van der Waals surface area contributed by atoms with Crippen LogP contribution in [0.1, 0.15) is 5.56 Å². The van der Waals surface area contributed by atoms with Crippen molar-refractivity contribution in [2.45, 2.75) is 16.9 Å². The molecule has 0 aliphatic heterocycles. The first-order valence-electron chi connectivity index (χ1n) is 6.08. The van der Waals surface area contributed by atoms with E-state index >= 15 is 0 Å². The highest BCUT2D eigenvalue weighted by atomic mass is 35.6. The van der Waals surface area contributed by atoms with Gasteiger partial charge in [-0.3, -0.25) is 10.1 Å². The summed E-state index contributed by atoms with van der Waals surface area (Å²) < 4.78 is -1.82.